The maximum atomic E-state index is 12.8. The molecule has 7 heteroatoms. The predicted octanol–water partition coefficient (Wildman–Crippen LogP) is 3.39. The molecule has 2 aromatic rings. The Morgan fingerprint density at radius 1 is 1.11 bits per heavy atom. The molecule has 0 aromatic heterocycles. The number of halogens is 1. The van der Waals surface area contributed by atoms with Crippen LogP contribution in [-0.2, 0) is 20.7 Å². The third kappa shape index (κ3) is 4.86. The van der Waals surface area contributed by atoms with E-state index in [1.54, 1.807) is 49.4 Å². The Hall–Kier alpha value is -2.86. The molecular formula is C20H19ClO6. The van der Waals surface area contributed by atoms with Gasteiger partial charge in [0.05, 0.1) is 19.3 Å². The van der Waals surface area contributed by atoms with Gasteiger partial charge in [-0.2, -0.15) is 0 Å². The average Bonchev–Trinajstić information content (AvgIpc) is 2.65. The summed E-state index contributed by atoms with van der Waals surface area (Å²) in [4.78, 5) is 36.2. The summed E-state index contributed by atoms with van der Waals surface area (Å²) in [6.07, 6.45) is -0.154. The zero-order chi connectivity index (χ0) is 20.0. The van der Waals surface area contributed by atoms with E-state index in [1.807, 2.05) is 0 Å². The molecule has 0 fully saturated rings. The summed E-state index contributed by atoms with van der Waals surface area (Å²) < 4.78 is 10.2. The molecule has 0 heterocycles. The van der Waals surface area contributed by atoms with Crippen molar-refractivity contribution in [3.8, 4) is 5.75 Å². The highest BCUT2D eigenvalue weighted by Crippen LogP contribution is 2.29. The molecule has 0 bridgehead atoms. The van der Waals surface area contributed by atoms with E-state index in [0.29, 0.717) is 16.1 Å². The van der Waals surface area contributed by atoms with Crippen LogP contribution in [0.25, 0.3) is 0 Å². The van der Waals surface area contributed by atoms with Crippen LogP contribution in [-0.4, -0.2) is 36.5 Å². The molecule has 142 valence electrons. The number of hydrogen-bond acceptors (Lipinski definition) is 5. The highest BCUT2D eigenvalue weighted by atomic mass is 35.5. The summed E-state index contributed by atoms with van der Waals surface area (Å²) in [5, 5.41) is 9.86. The molecule has 27 heavy (non-hydrogen) atoms. The zero-order valence-electron chi connectivity index (χ0n) is 14.9. The van der Waals surface area contributed by atoms with Gasteiger partial charge in [0.1, 0.15) is 5.75 Å². The number of carboxylic acid groups (broad SMARTS) is 1. The molecular weight excluding hydrogens is 372 g/mol. The maximum Gasteiger partial charge on any atom is 0.320 e. The van der Waals surface area contributed by atoms with Crippen LogP contribution in [0, 0.1) is 5.92 Å². The third-order valence-electron chi connectivity index (χ3n) is 3.94. The number of carboxylic acids is 1. The summed E-state index contributed by atoms with van der Waals surface area (Å²) >= 11 is 5.85. The first-order valence-corrected chi connectivity index (χ1v) is 8.62. The van der Waals surface area contributed by atoms with E-state index in [2.05, 4.69) is 0 Å². The molecule has 2 aromatic carbocycles. The molecule has 0 amide bonds. The number of rotatable bonds is 8. The summed E-state index contributed by atoms with van der Waals surface area (Å²) in [5.41, 5.74) is 1.11. The second-order valence-corrected chi connectivity index (χ2v) is 6.12. The van der Waals surface area contributed by atoms with Crippen molar-refractivity contribution in [1.82, 2.24) is 0 Å². The fourth-order valence-corrected chi connectivity index (χ4v) is 2.78. The third-order valence-corrected chi connectivity index (χ3v) is 4.20. The van der Waals surface area contributed by atoms with Crippen LogP contribution < -0.4 is 4.74 Å². The minimum Gasteiger partial charge on any atom is -0.496 e. The summed E-state index contributed by atoms with van der Waals surface area (Å²) in [5.74, 6) is -3.59. The molecule has 1 atom stereocenters. The van der Waals surface area contributed by atoms with Crippen molar-refractivity contribution in [3.63, 3.8) is 0 Å². The number of hydrogen-bond donors (Lipinski definition) is 1. The number of ether oxygens (including phenoxy) is 2. The molecule has 6 nitrogen and oxygen atoms in total. The Labute approximate surface area is 161 Å². The van der Waals surface area contributed by atoms with Crippen LogP contribution in [0.1, 0.15) is 28.4 Å². The molecule has 1 N–H and O–H groups in total. The smallest absolute Gasteiger partial charge is 0.320 e. The Morgan fingerprint density at radius 2 is 1.78 bits per heavy atom. The van der Waals surface area contributed by atoms with Crippen molar-refractivity contribution in [3.05, 3.63) is 64.2 Å². The minimum absolute atomic E-state index is 0.0782. The largest absolute Gasteiger partial charge is 0.496 e. The standard InChI is InChI=1S/C20H19ClO6/c1-3-27-20(25)16(19(23)24)11-13-5-4-6-15(18(13)26-2)17(22)12-7-9-14(21)10-8-12/h4-10,16H,3,11H2,1-2H3,(H,23,24). The van der Waals surface area contributed by atoms with E-state index in [-0.39, 0.29) is 30.1 Å². The van der Waals surface area contributed by atoms with Gasteiger partial charge in [0.25, 0.3) is 0 Å². The molecule has 0 radical (unpaired) electrons. The number of benzene rings is 2. The molecule has 0 aliphatic carbocycles. The number of ketones is 1. The first-order valence-electron chi connectivity index (χ1n) is 8.24. The Kier molecular flexibility index (Phi) is 6.96. The van der Waals surface area contributed by atoms with E-state index in [1.165, 1.54) is 7.11 Å². The molecule has 1 unspecified atom stereocenters. The van der Waals surface area contributed by atoms with Gasteiger partial charge in [-0.15, -0.1) is 0 Å². The number of methoxy groups -OCH3 is 1. The summed E-state index contributed by atoms with van der Waals surface area (Å²) in [6, 6.07) is 11.2. The molecule has 0 saturated carbocycles. The van der Waals surface area contributed by atoms with Crippen LogP contribution in [0.15, 0.2) is 42.5 Å². The van der Waals surface area contributed by atoms with Crippen LogP contribution >= 0.6 is 11.6 Å². The lowest BCUT2D eigenvalue weighted by Gasteiger charge is -2.16. The fourth-order valence-electron chi connectivity index (χ4n) is 2.66. The van der Waals surface area contributed by atoms with E-state index >= 15 is 0 Å². The van der Waals surface area contributed by atoms with E-state index in [4.69, 9.17) is 21.1 Å². The van der Waals surface area contributed by atoms with Gasteiger partial charge < -0.3 is 14.6 Å². The number of aliphatic carboxylic acids is 1. The van der Waals surface area contributed by atoms with Gasteiger partial charge in [0.2, 0.25) is 0 Å². The number of carbonyl (C=O) groups excluding carboxylic acids is 2. The monoisotopic (exact) mass is 390 g/mol. The Balaban J connectivity index is 2.40. The lowest BCUT2D eigenvalue weighted by atomic mass is 9.94. The fraction of sp³-hybridized carbons (Fsp3) is 0.250. The lowest BCUT2D eigenvalue weighted by Crippen LogP contribution is -2.28. The Bertz CT molecular complexity index is 844. The molecule has 0 saturated heterocycles. The van der Waals surface area contributed by atoms with E-state index in [9.17, 15) is 19.5 Å². The zero-order valence-corrected chi connectivity index (χ0v) is 15.7. The first kappa shape index (κ1) is 20.5. The topological polar surface area (TPSA) is 89.9 Å². The quantitative estimate of drug-likeness (QED) is 0.422. The van der Waals surface area contributed by atoms with Gasteiger partial charge in [-0.25, -0.2) is 0 Å². The maximum absolute atomic E-state index is 12.8. The van der Waals surface area contributed by atoms with Crippen LogP contribution in [0.3, 0.4) is 0 Å². The van der Waals surface area contributed by atoms with Crippen molar-refractivity contribution in [2.24, 2.45) is 5.92 Å². The molecule has 0 spiro atoms. The van der Waals surface area contributed by atoms with Gasteiger partial charge >= 0.3 is 11.9 Å². The molecule has 0 aliphatic heterocycles. The van der Waals surface area contributed by atoms with Gasteiger partial charge in [0.15, 0.2) is 11.7 Å². The van der Waals surface area contributed by atoms with Gasteiger partial charge in [-0.05, 0) is 49.2 Å². The number of esters is 1. The second kappa shape index (κ2) is 9.19. The van der Waals surface area contributed by atoms with Crippen LogP contribution in [0.5, 0.6) is 5.75 Å². The lowest BCUT2D eigenvalue weighted by molar-refractivity contribution is -0.158. The first-order chi connectivity index (χ1) is 12.9. The number of para-hydroxylation sites is 1. The molecule has 0 aliphatic rings. The molecule has 2 rings (SSSR count). The van der Waals surface area contributed by atoms with Crippen molar-refractivity contribution in [2.75, 3.05) is 13.7 Å². The number of carbonyl (C=O) groups is 3. The minimum atomic E-state index is -1.39. The van der Waals surface area contributed by atoms with E-state index < -0.39 is 17.9 Å². The Morgan fingerprint density at radius 3 is 2.33 bits per heavy atom. The predicted molar refractivity (Wildman–Crippen MR) is 99.3 cm³/mol. The average molecular weight is 391 g/mol. The normalized spacial score (nSPS) is 11.5. The summed E-state index contributed by atoms with van der Waals surface area (Å²) in [7, 11) is 1.39. The van der Waals surface area contributed by atoms with Crippen LogP contribution in [0.4, 0.5) is 0 Å². The van der Waals surface area contributed by atoms with Crippen molar-refractivity contribution < 1.29 is 29.0 Å². The second-order valence-electron chi connectivity index (χ2n) is 5.68. The van der Waals surface area contributed by atoms with Gasteiger partial charge in [0, 0.05) is 10.6 Å². The van der Waals surface area contributed by atoms with Gasteiger partial charge in [-0.1, -0.05) is 23.7 Å². The van der Waals surface area contributed by atoms with Crippen molar-refractivity contribution >= 4 is 29.3 Å². The van der Waals surface area contributed by atoms with Gasteiger partial charge in [-0.3, -0.25) is 14.4 Å². The van der Waals surface area contributed by atoms with Crippen molar-refractivity contribution in [1.29, 1.82) is 0 Å². The van der Waals surface area contributed by atoms with E-state index in [0.717, 1.165) is 0 Å². The summed E-state index contributed by atoms with van der Waals surface area (Å²) in [6.45, 7) is 1.68. The van der Waals surface area contributed by atoms with Crippen LogP contribution in [0.2, 0.25) is 5.02 Å². The van der Waals surface area contributed by atoms with Crippen molar-refractivity contribution in [2.45, 2.75) is 13.3 Å². The highest BCUT2D eigenvalue weighted by Gasteiger charge is 2.30. The SMILES string of the molecule is CCOC(=O)C(Cc1cccc(C(=O)c2ccc(Cl)cc2)c1OC)C(=O)O. The highest BCUT2D eigenvalue weighted by molar-refractivity contribution is 6.30.